The lowest BCUT2D eigenvalue weighted by atomic mass is 10.0. The molecule has 20 heavy (non-hydrogen) atoms. The molecule has 0 saturated carbocycles. The predicted molar refractivity (Wildman–Crippen MR) is 89.5 cm³/mol. The molecule has 0 spiro atoms. The van der Waals surface area contributed by atoms with Gasteiger partial charge in [0.15, 0.2) is 0 Å². The Balaban J connectivity index is 2.20. The van der Waals surface area contributed by atoms with Crippen LogP contribution in [0.4, 0.5) is 5.88 Å². The minimum atomic E-state index is 0.293. The van der Waals surface area contributed by atoms with Crippen molar-refractivity contribution in [2.24, 2.45) is 0 Å². The molecule has 1 aromatic heterocycles. The maximum Gasteiger partial charge on any atom is 0.230 e. The molecule has 2 aromatic carbocycles. The maximum absolute atomic E-state index is 6.04. The van der Waals surface area contributed by atoms with Gasteiger partial charge in [0.2, 0.25) is 5.88 Å². The van der Waals surface area contributed by atoms with Crippen LogP contribution in [-0.4, -0.2) is 5.16 Å². The lowest BCUT2D eigenvalue weighted by molar-refractivity contribution is 0.439. The fourth-order valence-corrected chi connectivity index (χ4v) is 2.79. The van der Waals surface area contributed by atoms with Crippen LogP contribution in [-0.2, 0) is 0 Å². The van der Waals surface area contributed by atoms with E-state index in [9.17, 15) is 0 Å². The maximum atomic E-state index is 6.04. The van der Waals surface area contributed by atoms with Gasteiger partial charge in [0, 0.05) is 14.2 Å². The molecule has 3 nitrogen and oxygen atoms in total. The fraction of sp³-hybridized carbons (Fsp3) is 0. The normalized spacial score (nSPS) is 10.7. The van der Waals surface area contributed by atoms with Gasteiger partial charge in [-0.25, -0.2) is 0 Å². The smallest absolute Gasteiger partial charge is 0.230 e. The lowest BCUT2D eigenvalue weighted by Crippen LogP contribution is -1.88. The van der Waals surface area contributed by atoms with Gasteiger partial charge in [-0.3, -0.25) is 0 Å². The second-order valence-corrected chi connectivity index (χ2v) is 5.97. The molecular weight excluding hydrogens is 387 g/mol. The average Bonchev–Trinajstić information content (AvgIpc) is 2.80. The molecule has 0 unspecified atom stereocenters. The predicted octanol–water partition coefficient (Wildman–Crippen LogP) is 4.85. The van der Waals surface area contributed by atoms with Crippen molar-refractivity contribution in [1.82, 2.24) is 5.16 Å². The number of halogens is 2. The largest absolute Gasteiger partial charge is 0.367 e. The van der Waals surface area contributed by atoms with Crippen molar-refractivity contribution in [2.45, 2.75) is 0 Å². The van der Waals surface area contributed by atoms with Gasteiger partial charge in [0.1, 0.15) is 5.69 Å². The summed E-state index contributed by atoms with van der Waals surface area (Å²) in [4.78, 5) is 0. The first kappa shape index (κ1) is 13.5. The lowest BCUT2D eigenvalue weighted by Gasteiger charge is -2.04. The monoisotopic (exact) mass is 396 g/mol. The van der Waals surface area contributed by atoms with Crippen LogP contribution >= 0.6 is 34.2 Å². The van der Waals surface area contributed by atoms with Gasteiger partial charge in [-0.2, -0.15) is 0 Å². The number of hydrogen-bond donors (Lipinski definition) is 1. The van der Waals surface area contributed by atoms with E-state index in [1.807, 2.05) is 48.5 Å². The summed E-state index contributed by atoms with van der Waals surface area (Å²) in [6.45, 7) is 0. The second-order valence-electron chi connectivity index (χ2n) is 4.29. The van der Waals surface area contributed by atoms with Crippen LogP contribution in [0.15, 0.2) is 53.1 Å². The van der Waals surface area contributed by atoms with Gasteiger partial charge >= 0.3 is 0 Å². The Morgan fingerprint density at radius 1 is 1.05 bits per heavy atom. The van der Waals surface area contributed by atoms with Crippen molar-refractivity contribution < 1.29 is 4.52 Å². The summed E-state index contributed by atoms with van der Waals surface area (Å²) in [5.41, 5.74) is 9.28. The quantitative estimate of drug-likeness (QED) is 0.630. The third-order valence-electron chi connectivity index (χ3n) is 2.93. The van der Waals surface area contributed by atoms with E-state index in [0.717, 1.165) is 26.0 Å². The van der Waals surface area contributed by atoms with Crippen LogP contribution in [0.25, 0.3) is 22.4 Å². The summed E-state index contributed by atoms with van der Waals surface area (Å²) in [5, 5.41) is 4.74. The number of hydrogen-bond acceptors (Lipinski definition) is 3. The molecule has 0 atom stereocenters. The highest BCUT2D eigenvalue weighted by atomic mass is 127. The summed E-state index contributed by atoms with van der Waals surface area (Å²) in [7, 11) is 0. The van der Waals surface area contributed by atoms with Gasteiger partial charge in [-0.1, -0.05) is 41.0 Å². The molecule has 0 bridgehead atoms. The minimum Gasteiger partial charge on any atom is -0.367 e. The highest BCUT2D eigenvalue weighted by Crippen LogP contribution is 2.37. The number of nitrogens with two attached hydrogens (primary N) is 1. The summed E-state index contributed by atoms with van der Waals surface area (Å²) < 4.78 is 6.29. The van der Waals surface area contributed by atoms with Crippen molar-refractivity contribution in [1.29, 1.82) is 0 Å². The molecule has 1 heterocycles. The molecule has 3 rings (SSSR count). The van der Waals surface area contributed by atoms with Gasteiger partial charge in [-0.15, -0.1) is 0 Å². The number of nitrogen functional groups attached to an aromatic ring is 1. The highest BCUT2D eigenvalue weighted by Gasteiger charge is 2.17. The van der Waals surface area contributed by atoms with Crippen molar-refractivity contribution >= 4 is 40.1 Å². The Morgan fingerprint density at radius 3 is 2.55 bits per heavy atom. The zero-order chi connectivity index (χ0) is 14.1. The third kappa shape index (κ3) is 2.53. The van der Waals surface area contributed by atoms with E-state index in [4.69, 9.17) is 21.9 Å². The summed E-state index contributed by atoms with van der Waals surface area (Å²) in [6.07, 6.45) is 0. The molecule has 5 heteroatoms. The molecule has 0 fully saturated rings. The van der Waals surface area contributed by atoms with Crippen molar-refractivity contribution in [2.75, 3.05) is 5.73 Å². The van der Waals surface area contributed by atoms with Crippen LogP contribution in [0.1, 0.15) is 0 Å². The average molecular weight is 397 g/mol. The van der Waals surface area contributed by atoms with Gasteiger partial charge in [-0.05, 0) is 52.4 Å². The van der Waals surface area contributed by atoms with Crippen molar-refractivity contribution in [3.8, 4) is 22.4 Å². The van der Waals surface area contributed by atoms with Gasteiger partial charge in [0.25, 0.3) is 0 Å². The SMILES string of the molecule is Nc1onc(-c2cccc(I)c2)c1-c1cccc(Cl)c1. The zero-order valence-corrected chi connectivity index (χ0v) is 13.2. The molecule has 0 radical (unpaired) electrons. The van der Waals surface area contributed by atoms with Gasteiger partial charge < -0.3 is 10.3 Å². The zero-order valence-electron chi connectivity index (χ0n) is 10.3. The molecule has 0 aliphatic carbocycles. The minimum absolute atomic E-state index is 0.293. The van der Waals surface area contributed by atoms with E-state index in [1.54, 1.807) is 0 Å². The Labute approximate surface area is 134 Å². The molecule has 0 saturated heterocycles. The summed E-state index contributed by atoms with van der Waals surface area (Å²) in [5.74, 6) is 0.293. The first-order valence-electron chi connectivity index (χ1n) is 5.92. The molecule has 2 N–H and O–H groups in total. The van der Waals surface area contributed by atoms with E-state index in [-0.39, 0.29) is 0 Å². The number of aromatic nitrogens is 1. The van der Waals surface area contributed by atoms with Crippen molar-refractivity contribution in [3.05, 3.63) is 57.1 Å². The third-order valence-corrected chi connectivity index (χ3v) is 3.84. The highest BCUT2D eigenvalue weighted by molar-refractivity contribution is 14.1. The Morgan fingerprint density at radius 2 is 1.80 bits per heavy atom. The van der Waals surface area contributed by atoms with Crippen LogP contribution < -0.4 is 5.73 Å². The molecule has 0 aliphatic rings. The topological polar surface area (TPSA) is 52.0 Å². The second kappa shape index (κ2) is 5.46. The fourth-order valence-electron chi connectivity index (χ4n) is 2.06. The number of benzene rings is 2. The summed E-state index contributed by atoms with van der Waals surface area (Å²) in [6, 6.07) is 15.5. The van der Waals surface area contributed by atoms with Crippen molar-refractivity contribution in [3.63, 3.8) is 0 Å². The first-order valence-corrected chi connectivity index (χ1v) is 7.38. The van der Waals surface area contributed by atoms with Crippen LogP contribution in [0.2, 0.25) is 5.02 Å². The molecule has 0 amide bonds. The Kier molecular flexibility index (Phi) is 3.67. The van der Waals surface area contributed by atoms with Crippen LogP contribution in [0, 0.1) is 3.57 Å². The van der Waals surface area contributed by atoms with E-state index < -0.39 is 0 Å². The molecule has 3 aromatic rings. The molecular formula is C15H10ClIN2O. The van der Waals surface area contributed by atoms with E-state index in [0.29, 0.717) is 10.9 Å². The molecule has 100 valence electrons. The number of rotatable bonds is 2. The Bertz CT molecular complexity index is 770. The standard InChI is InChI=1S/C15H10ClIN2O/c16-11-5-1-3-9(7-11)13-14(19-20-15(13)18)10-4-2-6-12(17)8-10/h1-8H,18H2. The van der Waals surface area contributed by atoms with Crippen LogP contribution in [0.5, 0.6) is 0 Å². The van der Waals surface area contributed by atoms with Gasteiger partial charge in [0.05, 0.1) is 5.56 Å². The number of anilines is 1. The molecule has 0 aliphatic heterocycles. The van der Waals surface area contributed by atoms with E-state index >= 15 is 0 Å². The Hall–Kier alpha value is -1.53. The van der Waals surface area contributed by atoms with E-state index in [2.05, 4.69) is 27.7 Å². The summed E-state index contributed by atoms with van der Waals surface area (Å²) >= 11 is 8.30. The number of nitrogens with zero attached hydrogens (tertiary/aromatic N) is 1. The first-order chi connectivity index (χ1) is 9.65. The van der Waals surface area contributed by atoms with E-state index in [1.165, 1.54) is 0 Å². The van der Waals surface area contributed by atoms with Crippen LogP contribution in [0.3, 0.4) is 0 Å².